The Kier molecular flexibility index (Phi) is 3.86. The molecule has 0 aliphatic carbocycles. The molecule has 5 rings (SSSR count). The van der Waals surface area contributed by atoms with E-state index in [1.165, 1.54) is 0 Å². The number of piperazine rings is 1. The smallest absolute Gasteiger partial charge is 0.176 e. The SMILES string of the molecule is C[C@@H]1CN(C)CCN1c1cc(-c2ncnn2C)nc2c(-c3ccn[nH]3)ncn12. The number of aromatic nitrogens is 8. The normalized spacial score (nSPS) is 18.2. The predicted molar refractivity (Wildman–Crippen MR) is 105 cm³/mol. The van der Waals surface area contributed by atoms with Gasteiger partial charge in [-0.2, -0.15) is 10.2 Å². The van der Waals surface area contributed by atoms with Crippen LogP contribution in [0.3, 0.4) is 0 Å². The largest absolute Gasteiger partial charge is 0.352 e. The van der Waals surface area contributed by atoms with Gasteiger partial charge in [-0.05, 0) is 20.0 Å². The van der Waals surface area contributed by atoms with Gasteiger partial charge in [0, 0.05) is 45.0 Å². The van der Waals surface area contributed by atoms with Gasteiger partial charge in [-0.25, -0.2) is 19.6 Å². The Hall–Kier alpha value is -3.27. The summed E-state index contributed by atoms with van der Waals surface area (Å²) in [4.78, 5) is 18.7. The minimum absolute atomic E-state index is 0.370. The Balaban J connectivity index is 1.73. The maximum Gasteiger partial charge on any atom is 0.176 e. The number of rotatable bonds is 3. The molecule has 0 bridgehead atoms. The van der Waals surface area contributed by atoms with Crippen molar-refractivity contribution in [1.29, 1.82) is 0 Å². The first-order chi connectivity index (χ1) is 13.6. The molecule has 1 N–H and O–H groups in total. The van der Waals surface area contributed by atoms with E-state index in [9.17, 15) is 0 Å². The van der Waals surface area contributed by atoms with E-state index in [0.717, 1.165) is 54.0 Å². The summed E-state index contributed by atoms with van der Waals surface area (Å²) >= 11 is 0. The van der Waals surface area contributed by atoms with Crippen LogP contribution in [0.2, 0.25) is 0 Å². The highest BCUT2D eigenvalue weighted by molar-refractivity contribution is 5.75. The highest BCUT2D eigenvalue weighted by atomic mass is 15.3. The van der Waals surface area contributed by atoms with E-state index in [2.05, 4.69) is 59.5 Å². The third kappa shape index (κ3) is 2.64. The lowest BCUT2D eigenvalue weighted by molar-refractivity contribution is 0.274. The lowest BCUT2D eigenvalue weighted by atomic mass is 10.2. The molecule has 28 heavy (non-hydrogen) atoms. The monoisotopic (exact) mass is 378 g/mol. The van der Waals surface area contributed by atoms with Gasteiger partial charge in [-0.15, -0.1) is 0 Å². The predicted octanol–water partition coefficient (Wildman–Crippen LogP) is 1.06. The molecule has 4 aromatic heterocycles. The van der Waals surface area contributed by atoms with Crippen molar-refractivity contribution in [2.75, 3.05) is 31.6 Å². The van der Waals surface area contributed by atoms with Gasteiger partial charge in [0.05, 0.1) is 5.69 Å². The van der Waals surface area contributed by atoms with Crippen LogP contribution in [0.15, 0.2) is 31.0 Å². The molecule has 0 unspecified atom stereocenters. The van der Waals surface area contributed by atoms with Gasteiger partial charge < -0.3 is 9.80 Å². The van der Waals surface area contributed by atoms with Crippen LogP contribution in [-0.4, -0.2) is 77.0 Å². The Morgan fingerprint density at radius 3 is 2.79 bits per heavy atom. The number of hydrogen-bond donors (Lipinski definition) is 1. The number of H-pyrrole nitrogens is 1. The number of nitrogens with zero attached hydrogens (tertiary/aromatic N) is 9. The molecular formula is C18H22N10. The first kappa shape index (κ1) is 16.9. The van der Waals surface area contributed by atoms with Gasteiger partial charge in [0.2, 0.25) is 0 Å². The molecule has 10 nitrogen and oxygen atoms in total. The summed E-state index contributed by atoms with van der Waals surface area (Å²) in [5.74, 6) is 1.78. The molecule has 1 aliphatic heterocycles. The van der Waals surface area contributed by atoms with Crippen molar-refractivity contribution in [2.24, 2.45) is 7.05 Å². The van der Waals surface area contributed by atoms with Crippen LogP contribution in [-0.2, 0) is 7.05 Å². The van der Waals surface area contributed by atoms with Gasteiger partial charge in [0.15, 0.2) is 11.5 Å². The van der Waals surface area contributed by atoms with E-state index in [-0.39, 0.29) is 0 Å². The zero-order chi connectivity index (χ0) is 19.3. The highest BCUT2D eigenvalue weighted by Crippen LogP contribution is 2.30. The summed E-state index contributed by atoms with van der Waals surface area (Å²) in [5, 5.41) is 11.3. The number of nitrogens with one attached hydrogen (secondary N) is 1. The number of likely N-dealkylation sites (N-methyl/N-ethyl adjacent to an activating group) is 1. The van der Waals surface area contributed by atoms with E-state index in [4.69, 9.17) is 4.98 Å². The highest BCUT2D eigenvalue weighted by Gasteiger charge is 2.26. The second-order valence-corrected chi connectivity index (χ2v) is 7.27. The minimum Gasteiger partial charge on any atom is -0.352 e. The lowest BCUT2D eigenvalue weighted by Gasteiger charge is -2.39. The zero-order valence-corrected chi connectivity index (χ0v) is 16.1. The summed E-state index contributed by atoms with van der Waals surface area (Å²) in [6, 6.07) is 4.35. The van der Waals surface area contributed by atoms with Crippen LogP contribution in [0.25, 0.3) is 28.6 Å². The molecule has 10 heteroatoms. The van der Waals surface area contributed by atoms with Crippen molar-refractivity contribution < 1.29 is 0 Å². The second kappa shape index (κ2) is 6.41. The topological polar surface area (TPSA) is 96.1 Å². The molecule has 144 valence electrons. The summed E-state index contributed by atoms with van der Waals surface area (Å²) in [6.07, 6.45) is 5.10. The van der Waals surface area contributed by atoms with E-state index < -0.39 is 0 Å². The van der Waals surface area contributed by atoms with Gasteiger partial charge in [0.25, 0.3) is 0 Å². The van der Waals surface area contributed by atoms with Crippen molar-refractivity contribution in [3.63, 3.8) is 0 Å². The van der Waals surface area contributed by atoms with Crippen LogP contribution < -0.4 is 4.90 Å². The number of aryl methyl sites for hydroxylation is 1. The molecule has 1 atom stereocenters. The Labute approximate surface area is 161 Å². The first-order valence-electron chi connectivity index (χ1n) is 9.29. The maximum absolute atomic E-state index is 4.88. The van der Waals surface area contributed by atoms with Crippen LogP contribution in [0, 0.1) is 0 Å². The molecule has 1 saturated heterocycles. The summed E-state index contributed by atoms with van der Waals surface area (Å²) in [5.41, 5.74) is 3.15. The van der Waals surface area contributed by atoms with Crippen LogP contribution in [0.1, 0.15) is 6.92 Å². The molecule has 0 spiro atoms. The van der Waals surface area contributed by atoms with E-state index in [0.29, 0.717) is 6.04 Å². The molecular weight excluding hydrogens is 356 g/mol. The van der Waals surface area contributed by atoms with E-state index in [1.54, 1.807) is 17.2 Å². The fourth-order valence-electron chi connectivity index (χ4n) is 3.88. The average Bonchev–Trinajstić information content (AvgIpc) is 3.41. The summed E-state index contributed by atoms with van der Waals surface area (Å²) in [7, 11) is 4.03. The lowest BCUT2D eigenvalue weighted by Crippen LogP contribution is -2.51. The summed E-state index contributed by atoms with van der Waals surface area (Å²) < 4.78 is 3.79. The third-order valence-corrected chi connectivity index (χ3v) is 5.30. The molecule has 0 aromatic carbocycles. The van der Waals surface area contributed by atoms with E-state index in [1.807, 2.05) is 19.4 Å². The fourth-order valence-corrected chi connectivity index (χ4v) is 3.88. The van der Waals surface area contributed by atoms with E-state index >= 15 is 0 Å². The molecule has 0 radical (unpaired) electrons. The van der Waals surface area contributed by atoms with Crippen molar-refractivity contribution in [3.8, 4) is 22.9 Å². The fraction of sp³-hybridized carbons (Fsp3) is 0.389. The zero-order valence-electron chi connectivity index (χ0n) is 16.1. The minimum atomic E-state index is 0.370. The van der Waals surface area contributed by atoms with Crippen molar-refractivity contribution >= 4 is 11.5 Å². The molecule has 0 saturated carbocycles. The molecule has 1 aliphatic rings. The van der Waals surface area contributed by atoms with Crippen molar-refractivity contribution in [1.82, 2.24) is 44.2 Å². The van der Waals surface area contributed by atoms with Gasteiger partial charge in [0.1, 0.15) is 29.9 Å². The van der Waals surface area contributed by atoms with Crippen molar-refractivity contribution in [3.05, 3.63) is 31.0 Å². The average molecular weight is 378 g/mol. The number of hydrogen-bond acceptors (Lipinski definition) is 7. The quantitative estimate of drug-likeness (QED) is 0.569. The standard InChI is InChI=1S/C18H22N10/c1-12-9-25(2)6-7-27(12)15-8-14(17-19-10-22-26(17)3)23-18-16(20-11-28(15)18)13-4-5-21-24-13/h4-5,8,10-12H,6-7,9H2,1-3H3,(H,21,24)/t12-/m1/s1. The van der Waals surface area contributed by atoms with Crippen LogP contribution in [0.4, 0.5) is 5.82 Å². The second-order valence-electron chi connectivity index (χ2n) is 7.27. The van der Waals surface area contributed by atoms with Crippen LogP contribution >= 0.6 is 0 Å². The molecule has 5 heterocycles. The third-order valence-electron chi connectivity index (χ3n) is 5.30. The molecule has 1 fully saturated rings. The Morgan fingerprint density at radius 2 is 2.07 bits per heavy atom. The molecule has 4 aromatic rings. The maximum atomic E-state index is 4.88. The van der Waals surface area contributed by atoms with Gasteiger partial charge in [-0.3, -0.25) is 9.50 Å². The van der Waals surface area contributed by atoms with Crippen molar-refractivity contribution in [2.45, 2.75) is 13.0 Å². The Morgan fingerprint density at radius 1 is 1.18 bits per heavy atom. The van der Waals surface area contributed by atoms with Gasteiger partial charge in [-0.1, -0.05) is 0 Å². The number of imidazole rings is 1. The van der Waals surface area contributed by atoms with Crippen LogP contribution in [0.5, 0.6) is 0 Å². The Bertz CT molecular complexity index is 1110. The number of aromatic amines is 1. The van der Waals surface area contributed by atoms with Gasteiger partial charge >= 0.3 is 0 Å². The molecule has 0 amide bonds. The number of fused-ring (bicyclic) bond motifs is 1. The number of anilines is 1. The summed E-state index contributed by atoms with van der Waals surface area (Å²) in [6.45, 7) is 5.20. The first-order valence-corrected chi connectivity index (χ1v) is 9.29.